The molecule has 0 saturated carbocycles. The molecule has 3 N–H and O–H groups in total. The number of sulfone groups is 1. The zero-order valence-electron chi connectivity index (χ0n) is 10.7. The highest BCUT2D eigenvalue weighted by atomic mass is 32.2. The van der Waals surface area contributed by atoms with Crippen LogP contribution in [0.3, 0.4) is 0 Å². The van der Waals surface area contributed by atoms with Gasteiger partial charge in [0.25, 0.3) is 0 Å². The third-order valence-electron chi connectivity index (χ3n) is 2.93. The number of nitrogens with one attached hydrogen (secondary N) is 1. The SMILES string of the molecule is CCS(=O)(=O)CCCC(NN)c1ccc(F)cc1F. The minimum atomic E-state index is -3.04. The van der Waals surface area contributed by atoms with Crippen LogP contribution in [0.15, 0.2) is 18.2 Å². The Morgan fingerprint density at radius 3 is 2.58 bits per heavy atom. The molecule has 0 aliphatic heterocycles. The molecule has 0 fully saturated rings. The second-order valence-corrected chi connectivity index (χ2v) is 6.74. The van der Waals surface area contributed by atoms with Gasteiger partial charge in [0.05, 0.1) is 5.75 Å². The van der Waals surface area contributed by atoms with E-state index in [2.05, 4.69) is 5.43 Å². The standard InChI is InChI=1S/C12H18F2N2O2S/c1-2-19(17,18)7-3-4-12(16-15)10-6-5-9(13)8-11(10)14/h5-6,8,12,16H,2-4,7,15H2,1H3. The van der Waals surface area contributed by atoms with Crippen molar-refractivity contribution in [1.29, 1.82) is 0 Å². The van der Waals surface area contributed by atoms with Gasteiger partial charge in [-0.15, -0.1) is 0 Å². The maximum Gasteiger partial charge on any atom is 0.150 e. The summed E-state index contributed by atoms with van der Waals surface area (Å²) >= 11 is 0. The fourth-order valence-electron chi connectivity index (χ4n) is 1.76. The van der Waals surface area contributed by atoms with Crippen LogP contribution in [0.2, 0.25) is 0 Å². The predicted octanol–water partition coefficient (Wildman–Crippen LogP) is 1.68. The van der Waals surface area contributed by atoms with Crippen molar-refractivity contribution in [1.82, 2.24) is 5.43 Å². The average Bonchev–Trinajstić information content (AvgIpc) is 2.36. The normalized spacial score (nSPS) is 13.5. The molecule has 7 heteroatoms. The molecule has 0 spiro atoms. The van der Waals surface area contributed by atoms with Crippen LogP contribution in [0.25, 0.3) is 0 Å². The van der Waals surface area contributed by atoms with Crippen LogP contribution >= 0.6 is 0 Å². The first-order chi connectivity index (χ1) is 8.89. The predicted molar refractivity (Wildman–Crippen MR) is 70.0 cm³/mol. The second kappa shape index (κ2) is 6.93. The fraction of sp³-hybridized carbons (Fsp3) is 0.500. The van der Waals surface area contributed by atoms with E-state index in [0.717, 1.165) is 12.1 Å². The van der Waals surface area contributed by atoms with Crippen LogP contribution in [0.5, 0.6) is 0 Å². The molecule has 1 rings (SSSR count). The highest BCUT2D eigenvalue weighted by Crippen LogP contribution is 2.21. The zero-order chi connectivity index (χ0) is 14.5. The van der Waals surface area contributed by atoms with Gasteiger partial charge in [0.2, 0.25) is 0 Å². The van der Waals surface area contributed by atoms with Gasteiger partial charge in [-0.3, -0.25) is 11.3 Å². The molecule has 0 amide bonds. The number of hydrogen-bond acceptors (Lipinski definition) is 4. The Bertz CT molecular complexity index is 520. The summed E-state index contributed by atoms with van der Waals surface area (Å²) in [5.74, 6) is 4.09. The van der Waals surface area contributed by atoms with E-state index < -0.39 is 27.5 Å². The molecule has 1 unspecified atom stereocenters. The summed E-state index contributed by atoms with van der Waals surface area (Å²) < 4.78 is 49.0. The largest absolute Gasteiger partial charge is 0.271 e. The van der Waals surface area contributed by atoms with Crippen LogP contribution in [-0.2, 0) is 9.84 Å². The average molecular weight is 292 g/mol. The van der Waals surface area contributed by atoms with Gasteiger partial charge >= 0.3 is 0 Å². The van der Waals surface area contributed by atoms with Gasteiger partial charge in [-0.25, -0.2) is 17.2 Å². The second-order valence-electron chi connectivity index (χ2n) is 4.26. The summed E-state index contributed by atoms with van der Waals surface area (Å²) in [6, 6.07) is 2.70. The van der Waals surface area contributed by atoms with Crippen molar-refractivity contribution in [2.75, 3.05) is 11.5 Å². The van der Waals surface area contributed by atoms with E-state index in [4.69, 9.17) is 5.84 Å². The summed E-state index contributed by atoms with van der Waals surface area (Å²) in [6.45, 7) is 1.58. The van der Waals surface area contributed by atoms with Crippen molar-refractivity contribution >= 4 is 9.84 Å². The number of nitrogens with two attached hydrogens (primary N) is 1. The molecule has 0 aliphatic carbocycles. The fourth-order valence-corrected chi connectivity index (χ4v) is 2.66. The lowest BCUT2D eigenvalue weighted by atomic mass is 10.0. The summed E-state index contributed by atoms with van der Waals surface area (Å²) in [7, 11) is -3.04. The molecule has 108 valence electrons. The van der Waals surface area contributed by atoms with Crippen LogP contribution < -0.4 is 11.3 Å². The van der Waals surface area contributed by atoms with E-state index in [-0.39, 0.29) is 17.1 Å². The summed E-state index contributed by atoms with van der Waals surface area (Å²) in [6.07, 6.45) is 0.722. The Labute approximate surface area is 111 Å². The van der Waals surface area contributed by atoms with E-state index in [0.29, 0.717) is 12.8 Å². The molecule has 0 aliphatic rings. The Balaban J connectivity index is 2.68. The van der Waals surface area contributed by atoms with Gasteiger partial charge in [0.1, 0.15) is 21.5 Å². The number of benzene rings is 1. The van der Waals surface area contributed by atoms with Gasteiger partial charge in [0.15, 0.2) is 0 Å². The first kappa shape index (κ1) is 16.0. The minimum absolute atomic E-state index is 0.0322. The molecular formula is C12H18F2N2O2S. The van der Waals surface area contributed by atoms with Crippen LogP contribution in [0, 0.1) is 11.6 Å². The monoisotopic (exact) mass is 292 g/mol. The van der Waals surface area contributed by atoms with Crippen molar-refractivity contribution in [3.63, 3.8) is 0 Å². The molecule has 0 saturated heterocycles. The zero-order valence-corrected chi connectivity index (χ0v) is 11.5. The van der Waals surface area contributed by atoms with Crippen molar-refractivity contribution in [2.24, 2.45) is 5.84 Å². The van der Waals surface area contributed by atoms with Gasteiger partial charge in [0, 0.05) is 23.4 Å². The summed E-state index contributed by atoms with van der Waals surface area (Å²) in [5, 5.41) is 0. The molecule has 4 nitrogen and oxygen atoms in total. The molecule has 0 radical (unpaired) electrons. The van der Waals surface area contributed by atoms with Crippen molar-refractivity contribution in [2.45, 2.75) is 25.8 Å². The van der Waals surface area contributed by atoms with Crippen molar-refractivity contribution in [3.8, 4) is 0 Å². The quantitative estimate of drug-likeness (QED) is 0.592. The first-order valence-corrected chi connectivity index (χ1v) is 7.83. The Kier molecular flexibility index (Phi) is 5.84. The molecule has 1 atom stereocenters. The molecule has 0 aromatic heterocycles. The van der Waals surface area contributed by atoms with E-state index >= 15 is 0 Å². The van der Waals surface area contributed by atoms with Crippen LogP contribution in [0.1, 0.15) is 31.4 Å². The number of halogens is 2. The third-order valence-corrected chi connectivity index (χ3v) is 4.72. The van der Waals surface area contributed by atoms with E-state index in [1.807, 2.05) is 0 Å². The van der Waals surface area contributed by atoms with Gasteiger partial charge < -0.3 is 0 Å². The van der Waals surface area contributed by atoms with Gasteiger partial charge in [-0.05, 0) is 18.9 Å². The summed E-state index contributed by atoms with van der Waals surface area (Å²) in [4.78, 5) is 0. The number of hydrogen-bond donors (Lipinski definition) is 2. The lowest BCUT2D eigenvalue weighted by Crippen LogP contribution is -2.29. The van der Waals surface area contributed by atoms with Crippen LogP contribution in [-0.4, -0.2) is 19.9 Å². The smallest absolute Gasteiger partial charge is 0.150 e. The number of rotatable bonds is 7. The first-order valence-electron chi connectivity index (χ1n) is 6.01. The molecular weight excluding hydrogens is 274 g/mol. The molecule has 19 heavy (non-hydrogen) atoms. The molecule has 1 aromatic rings. The highest BCUT2D eigenvalue weighted by Gasteiger charge is 2.16. The maximum absolute atomic E-state index is 13.6. The Morgan fingerprint density at radius 1 is 1.37 bits per heavy atom. The summed E-state index contributed by atoms with van der Waals surface area (Å²) in [5.41, 5.74) is 2.66. The van der Waals surface area contributed by atoms with Gasteiger partial charge in [-0.1, -0.05) is 13.0 Å². The minimum Gasteiger partial charge on any atom is -0.271 e. The Morgan fingerprint density at radius 2 is 2.05 bits per heavy atom. The topological polar surface area (TPSA) is 72.2 Å². The Hall–Kier alpha value is -1.05. The molecule has 1 aromatic carbocycles. The highest BCUT2D eigenvalue weighted by molar-refractivity contribution is 7.91. The van der Waals surface area contributed by atoms with Crippen LogP contribution in [0.4, 0.5) is 8.78 Å². The number of hydrazine groups is 1. The molecule has 0 bridgehead atoms. The van der Waals surface area contributed by atoms with Gasteiger partial charge in [-0.2, -0.15) is 0 Å². The van der Waals surface area contributed by atoms with Crippen molar-refractivity contribution < 1.29 is 17.2 Å². The lowest BCUT2D eigenvalue weighted by molar-refractivity contribution is 0.475. The third kappa shape index (κ3) is 4.85. The van der Waals surface area contributed by atoms with E-state index in [9.17, 15) is 17.2 Å². The molecule has 0 heterocycles. The van der Waals surface area contributed by atoms with E-state index in [1.54, 1.807) is 6.92 Å². The maximum atomic E-state index is 13.6. The van der Waals surface area contributed by atoms with Crippen molar-refractivity contribution in [3.05, 3.63) is 35.4 Å². The lowest BCUT2D eigenvalue weighted by Gasteiger charge is -2.16. The van der Waals surface area contributed by atoms with E-state index in [1.165, 1.54) is 6.07 Å².